The van der Waals surface area contributed by atoms with Crippen LogP contribution in [0.15, 0.2) is 36.4 Å². The maximum absolute atomic E-state index is 6.02. The summed E-state index contributed by atoms with van der Waals surface area (Å²) in [6.07, 6.45) is 14.9. The molecule has 2 bridgehead atoms. The fourth-order valence-corrected chi connectivity index (χ4v) is 5.69. The molecule has 154 valence electrons. The molecular formula is C25H36O3. The fraction of sp³-hybridized carbons (Fsp3) is 0.680. The Hall–Kier alpha value is -1.16. The molecule has 1 aromatic carbocycles. The first-order valence-corrected chi connectivity index (χ1v) is 11.3. The van der Waals surface area contributed by atoms with Crippen LogP contribution in [-0.4, -0.2) is 26.1 Å². The third-order valence-corrected chi connectivity index (χ3v) is 7.56. The Morgan fingerprint density at radius 3 is 2.29 bits per heavy atom. The van der Waals surface area contributed by atoms with Crippen LogP contribution in [0, 0.1) is 5.41 Å². The highest BCUT2D eigenvalue weighted by molar-refractivity contribution is 5.32. The van der Waals surface area contributed by atoms with Gasteiger partial charge in [-0.3, -0.25) is 0 Å². The summed E-state index contributed by atoms with van der Waals surface area (Å²) in [5, 5.41) is 0. The van der Waals surface area contributed by atoms with Crippen LogP contribution < -0.4 is 0 Å². The van der Waals surface area contributed by atoms with E-state index in [1.807, 2.05) is 19.1 Å². The summed E-state index contributed by atoms with van der Waals surface area (Å²) < 4.78 is 17.5. The second-order valence-electron chi connectivity index (χ2n) is 9.14. The Balaban J connectivity index is 1.34. The zero-order valence-electron chi connectivity index (χ0n) is 17.6. The summed E-state index contributed by atoms with van der Waals surface area (Å²) in [5.41, 5.74) is 3.88. The number of fused-ring (bicyclic) bond motifs is 3. The second-order valence-corrected chi connectivity index (χ2v) is 9.14. The van der Waals surface area contributed by atoms with Gasteiger partial charge in [0.25, 0.3) is 0 Å². The van der Waals surface area contributed by atoms with Gasteiger partial charge >= 0.3 is 0 Å². The van der Waals surface area contributed by atoms with Gasteiger partial charge in [0.2, 0.25) is 0 Å². The van der Waals surface area contributed by atoms with E-state index >= 15 is 0 Å². The standard InChI is InChI=1S/C25H36O3/c1-3-5-17-26-23-19-27-22(18-28-23)20-6-8-21(9-7-20)25-14-11-24(10-4-2,12-15-25)13-16-25/h3,5-9,22-23H,4,10-19H2,1-2H3/b5-3+/t22-,23+,24?,25?/m0/s1. The lowest BCUT2D eigenvalue weighted by Crippen LogP contribution is -2.44. The first-order valence-electron chi connectivity index (χ1n) is 11.3. The highest BCUT2D eigenvalue weighted by Gasteiger charge is 2.48. The van der Waals surface area contributed by atoms with E-state index < -0.39 is 0 Å². The predicted molar refractivity (Wildman–Crippen MR) is 112 cm³/mol. The van der Waals surface area contributed by atoms with Crippen molar-refractivity contribution in [2.24, 2.45) is 5.41 Å². The maximum atomic E-state index is 6.02. The predicted octanol–water partition coefficient (Wildman–Crippen LogP) is 6.09. The lowest BCUT2D eigenvalue weighted by Gasteiger charge is -2.54. The zero-order chi connectivity index (χ0) is 19.5. The van der Waals surface area contributed by atoms with Crippen molar-refractivity contribution in [1.29, 1.82) is 0 Å². The van der Waals surface area contributed by atoms with Crippen LogP contribution in [0.2, 0.25) is 0 Å². The molecule has 3 saturated carbocycles. The van der Waals surface area contributed by atoms with Crippen LogP contribution in [0.5, 0.6) is 0 Å². The van der Waals surface area contributed by atoms with E-state index in [4.69, 9.17) is 14.2 Å². The van der Waals surface area contributed by atoms with Gasteiger partial charge in [-0.05, 0) is 73.8 Å². The average molecular weight is 385 g/mol. The molecule has 0 amide bonds. The number of rotatable bonds is 7. The third-order valence-electron chi connectivity index (χ3n) is 7.56. The second kappa shape index (κ2) is 8.69. The molecule has 0 unspecified atom stereocenters. The van der Waals surface area contributed by atoms with Crippen LogP contribution in [0.25, 0.3) is 0 Å². The molecule has 3 aliphatic carbocycles. The molecule has 1 aliphatic heterocycles. The van der Waals surface area contributed by atoms with Crippen molar-refractivity contribution in [3.8, 4) is 0 Å². The number of hydrogen-bond acceptors (Lipinski definition) is 3. The fourth-order valence-electron chi connectivity index (χ4n) is 5.69. The third kappa shape index (κ3) is 4.08. The number of hydrogen-bond donors (Lipinski definition) is 0. The van der Waals surface area contributed by atoms with Crippen LogP contribution in [0.1, 0.15) is 82.4 Å². The van der Waals surface area contributed by atoms with E-state index in [1.165, 1.54) is 56.9 Å². The van der Waals surface area contributed by atoms with Gasteiger partial charge in [0.05, 0.1) is 19.8 Å². The largest absolute Gasteiger partial charge is 0.366 e. The first-order chi connectivity index (χ1) is 13.7. The minimum Gasteiger partial charge on any atom is -0.366 e. The van der Waals surface area contributed by atoms with Gasteiger partial charge in [-0.2, -0.15) is 0 Å². The minimum atomic E-state index is -0.251. The monoisotopic (exact) mass is 384 g/mol. The SMILES string of the molecule is C/C=C/CO[C@H]1CO[C@H](c2ccc(C34CCC(CCC)(CC3)CC4)cc2)CO1. The van der Waals surface area contributed by atoms with Gasteiger partial charge in [-0.25, -0.2) is 0 Å². The Labute approximate surface area is 170 Å². The Morgan fingerprint density at radius 2 is 1.71 bits per heavy atom. The Bertz CT molecular complexity index is 630. The van der Waals surface area contributed by atoms with Gasteiger partial charge < -0.3 is 14.2 Å². The molecule has 2 atom stereocenters. The van der Waals surface area contributed by atoms with Crippen LogP contribution in [-0.2, 0) is 19.6 Å². The van der Waals surface area contributed by atoms with Crippen LogP contribution in [0.3, 0.4) is 0 Å². The van der Waals surface area contributed by atoms with Crippen LogP contribution in [0.4, 0.5) is 0 Å². The highest BCUT2D eigenvalue weighted by atomic mass is 16.7. The quantitative estimate of drug-likeness (QED) is 0.533. The molecule has 0 radical (unpaired) electrons. The minimum absolute atomic E-state index is 0.0167. The van der Waals surface area contributed by atoms with Gasteiger partial charge in [0.1, 0.15) is 6.10 Å². The van der Waals surface area contributed by atoms with Crippen molar-refractivity contribution in [2.75, 3.05) is 19.8 Å². The molecule has 1 heterocycles. The summed E-state index contributed by atoms with van der Waals surface area (Å²) in [5.74, 6) is 0. The summed E-state index contributed by atoms with van der Waals surface area (Å²) in [6.45, 7) is 5.96. The average Bonchev–Trinajstić information content (AvgIpc) is 2.76. The van der Waals surface area contributed by atoms with E-state index in [0.717, 1.165) is 0 Å². The molecule has 1 saturated heterocycles. The summed E-state index contributed by atoms with van der Waals surface area (Å²) in [7, 11) is 0. The number of benzene rings is 1. The van der Waals surface area contributed by atoms with Crippen molar-refractivity contribution in [3.05, 3.63) is 47.5 Å². The molecular weight excluding hydrogens is 348 g/mol. The van der Waals surface area contributed by atoms with E-state index in [-0.39, 0.29) is 12.4 Å². The van der Waals surface area contributed by atoms with Crippen molar-refractivity contribution in [2.45, 2.75) is 83.0 Å². The maximum Gasteiger partial charge on any atom is 0.181 e. The van der Waals surface area contributed by atoms with E-state index in [1.54, 1.807) is 5.56 Å². The lowest BCUT2D eigenvalue weighted by molar-refractivity contribution is -0.232. The molecule has 4 fully saturated rings. The van der Waals surface area contributed by atoms with Crippen molar-refractivity contribution in [1.82, 2.24) is 0 Å². The van der Waals surface area contributed by atoms with Gasteiger partial charge in [-0.15, -0.1) is 0 Å². The number of allylic oxidation sites excluding steroid dienone is 1. The Morgan fingerprint density at radius 1 is 1.00 bits per heavy atom. The van der Waals surface area contributed by atoms with Crippen molar-refractivity contribution in [3.63, 3.8) is 0 Å². The van der Waals surface area contributed by atoms with E-state index in [9.17, 15) is 0 Å². The molecule has 0 spiro atoms. The summed E-state index contributed by atoms with van der Waals surface area (Å²) >= 11 is 0. The molecule has 3 nitrogen and oxygen atoms in total. The van der Waals surface area contributed by atoms with E-state index in [2.05, 4.69) is 31.2 Å². The molecule has 4 aliphatic rings. The van der Waals surface area contributed by atoms with E-state index in [0.29, 0.717) is 30.7 Å². The first kappa shape index (κ1) is 20.1. The summed E-state index contributed by atoms with van der Waals surface area (Å²) in [4.78, 5) is 0. The van der Waals surface area contributed by atoms with Gasteiger partial charge in [-0.1, -0.05) is 49.8 Å². The zero-order valence-corrected chi connectivity index (χ0v) is 17.6. The molecule has 0 aromatic heterocycles. The molecule has 1 aromatic rings. The number of ether oxygens (including phenoxy) is 3. The Kier molecular flexibility index (Phi) is 6.24. The topological polar surface area (TPSA) is 27.7 Å². The highest BCUT2D eigenvalue weighted by Crippen LogP contribution is 2.59. The molecule has 5 rings (SSSR count). The normalized spacial score (nSPS) is 35.5. The van der Waals surface area contributed by atoms with Gasteiger partial charge in [0, 0.05) is 0 Å². The van der Waals surface area contributed by atoms with Crippen LogP contribution >= 0.6 is 0 Å². The lowest BCUT2D eigenvalue weighted by atomic mass is 9.51. The van der Waals surface area contributed by atoms with Gasteiger partial charge in [0.15, 0.2) is 6.29 Å². The smallest absolute Gasteiger partial charge is 0.181 e. The summed E-state index contributed by atoms with van der Waals surface area (Å²) in [6, 6.07) is 9.26. The molecule has 28 heavy (non-hydrogen) atoms. The van der Waals surface area contributed by atoms with Crippen molar-refractivity contribution < 1.29 is 14.2 Å². The molecule has 3 heteroatoms. The molecule has 0 N–H and O–H groups in total. The van der Waals surface area contributed by atoms with Crippen molar-refractivity contribution >= 4 is 0 Å².